The SMILES string of the molecule is CNC(=O)c1cccc(NC(=O)c2cccc(S(=O)(=O)Nc3ccc4[nH]ccc4c3)c2)c1. The van der Waals surface area contributed by atoms with Crippen LogP contribution in [0.2, 0.25) is 0 Å². The van der Waals surface area contributed by atoms with Crippen LogP contribution in [0.25, 0.3) is 10.9 Å². The lowest BCUT2D eigenvalue weighted by molar-refractivity contribution is 0.0961. The first-order valence-corrected chi connectivity index (χ1v) is 11.2. The number of hydrogen-bond donors (Lipinski definition) is 4. The van der Waals surface area contributed by atoms with Crippen LogP contribution in [0.4, 0.5) is 11.4 Å². The van der Waals surface area contributed by atoms with E-state index in [0.717, 1.165) is 10.9 Å². The third-order valence-corrected chi connectivity index (χ3v) is 6.20. The number of carbonyl (C=O) groups is 2. The van der Waals surface area contributed by atoms with Crippen molar-refractivity contribution in [2.24, 2.45) is 0 Å². The van der Waals surface area contributed by atoms with Crippen molar-refractivity contribution in [1.82, 2.24) is 10.3 Å². The fraction of sp³-hybridized carbons (Fsp3) is 0.0435. The van der Waals surface area contributed by atoms with Gasteiger partial charge in [0.1, 0.15) is 0 Å². The summed E-state index contributed by atoms with van der Waals surface area (Å²) in [6.45, 7) is 0. The maximum absolute atomic E-state index is 12.9. The molecule has 0 aliphatic carbocycles. The van der Waals surface area contributed by atoms with Crippen LogP contribution in [0.15, 0.2) is 83.9 Å². The van der Waals surface area contributed by atoms with Crippen LogP contribution in [0.1, 0.15) is 20.7 Å². The smallest absolute Gasteiger partial charge is 0.261 e. The fourth-order valence-electron chi connectivity index (χ4n) is 3.22. The topological polar surface area (TPSA) is 120 Å². The van der Waals surface area contributed by atoms with Gasteiger partial charge in [0.2, 0.25) is 0 Å². The standard InChI is InChI=1S/C23H20N4O4S/c1-24-22(28)16-4-2-6-18(13-16)26-23(29)17-5-3-7-20(14-17)32(30,31)27-19-8-9-21-15(12-19)10-11-25-21/h2-14,25,27H,1H3,(H,24,28)(H,26,29). The van der Waals surface area contributed by atoms with Crippen molar-refractivity contribution < 1.29 is 18.0 Å². The van der Waals surface area contributed by atoms with Gasteiger partial charge < -0.3 is 15.6 Å². The zero-order chi connectivity index (χ0) is 22.7. The molecule has 4 aromatic rings. The van der Waals surface area contributed by atoms with Crippen molar-refractivity contribution in [3.8, 4) is 0 Å². The summed E-state index contributed by atoms with van der Waals surface area (Å²) < 4.78 is 28.3. The second-order valence-corrected chi connectivity index (χ2v) is 8.71. The predicted molar refractivity (Wildman–Crippen MR) is 123 cm³/mol. The highest BCUT2D eigenvalue weighted by Crippen LogP contribution is 2.22. The van der Waals surface area contributed by atoms with E-state index in [1.165, 1.54) is 37.4 Å². The van der Waals surface area contributed by atoms with Crippen molar-refractivity contribution in [2.45, 2.75) is 4.90 Å². The molecule has 3 aromatic carbocycles. The number of aromatic nitrogens is 1. The molecule has 4 N–H and O–H groups in total. The van der Waals surface area contributed by atoms with E-state index in [1.54, 1.807) is 42.6 Å². The Kier molecular flexibility index (Phi) is 5.65. The van der Waals surface area contributed by atoms with Gasteiger partial charge in [-0.15, -0.1) is 0 Å². The summed E-state index contributed by atoms with van der Waals surface area (Å²) in [7, 11) is -2.39. The van der Waals surface area contributed by atoms with E-state index in [2.05, 4.69) is 20.3 Å². The molecule has 0 fully saturated rings. The Morgan fingerprint density at radius 3 is 2.34 bits per heavy atom. The number of H-pyrrole nitrogens is 1. The van der Waals surface area contributed by atoms with Crippen molar-refractivity contribution in [1.29, 1.82) is 0 Å². The van der Waals surface area contributed by atoms with Gasteiger partial charge in [0.05, 0.1) is 4.90 Å². The van der Waals surface area contributed by atoms with Crippen LogP contribution in [0.5, 0.6) is 0 Å². The Bertz CT molecular complexity index is 1430. The monoisotopic (exact) mass is 448 g/mol. The fourth-order valence-corrected chi connectivity index (χ4v) is 4.32. The molecule has 9 heteroatoms. The molecule has 0 saturated carbocycles. The van der Waals surface area contributed by atoms with Crippen LogP contribution < -0.4 is 15.4 Å². The highest BCUT2D eigenvalue weighted by molar-refractivity contribution is 7.92. The molecule has 0 bridgehead atoms. The highest BCUT2D eigenvalue weighted by atomic mass is 32.2. The number of amides is 2. The summed E-state index contributed by atoms with van der Waals surface area (Å²) >= 11 is 0. The number of sulfonamides is 1. The number of nitrogens with one attached hydrogen (secondary N) is 4. The Morgan fingerprint density at radius 2 is 1.56 bits per heavy atom. The zero-order valence-electron chi connectivity index (χ0n) is 17.0. The van der Waals surface area contributed by atoms with Gasteiger partial charge in [-0.2, -0.15) is 0 Å². The zero-order valence-corrected chi connectivity index (χ0v) is 17.9. The third-order valence-electron chi connectivity index (χ3n) is 4.82. The van der Waals surface area contributed by atoms with Gasteiger partial charge >= 0.3 is 0 Å². The molecule has 0 aliphatic rings. The number of carbonyl (C=O) groups excluding carboxylic acids is 2. The summed E-state index contributed by atoms with van der Waals surface area (Å²) in [5, 5.41) is 6.08. The van der Waals surface area contributed by atoms with Crippen molar-refractivity contribution in [3.05, 3.63) is 90.1 Å². The minimum Gasteiger partial charge on any atom is -0.361 e. The summed E-state index contributed by atoms with van der Waals surface area (Å²) in [6, 6.07) is 19.2. The molecular formula is C23H20N4O4S. The molecule has 0 atom stereocenters. The van der Waals surface area contributed by atoms with Gasteiger partial charge in [-0.3, -0.25) is 14.3 Å². The average Bonchev–Trinajstić information content (AvgIpc) is 3.26. The van der Waals surface area contributed by atoms with Gasteiger partial charge in [0.25, 0.3) is 21.8 Å². The van der Waals surface area contributed by atoms with Gasteiger partial charge in [0, 0.05) is 46.6 Å². The molecule has 0 unspecified atom stereocenters. The molecule has 1 aromatic heterocycles. The Balaban J connectivity index is 1.54. The summed E-state index contributed by atoms with van der Waals surface area (Å²) in [5.74, 6) is -0.775. The van der Waals surface area contributed by atoms with E-state index >= 15 is 0 Å². The van der Waals surface area contributed by atoms with Crippen LogP contribution in [0.3, 0.4) is 0 Å². The molecule has 0 aliphatic heterocycles. The number of rotatable bonds is 6. The molecule has 0 radical (unpaired) electrons. The van der Waals surface area contributed by atoms with E-state index in [9.17, 15) is 18.0 Å². The second-order valence-electron chi connectivity index (χ2n) is 7.03. The summed E-state index contributed by atoms with van der Waals surface area (Å²) in [4.78, 5) is 27.5. The molecule has 32 heavy (non-hydrogen) atoms. The largest absolute Gasteiger partial charge is 0.361 e. The quantitative estimate of drug-likeness (QED) is 0.360. The van der Waals surface area contributed by atoms with Crippen molar-refractivity contribution >= 4 is 44.1 Å². The summed E-state index contributed by atoms with van der Waals surface area (Å²) in [6.07, 6.45) is 1.77. The third kappa shape index (κ3) is 4.47. The van der Waals surface area contributed by atoms with E-state index in [1.807, 2.05) is 6.07 Å². The average molecular weight is 449 g/mol. The van der Waals surface area contributed by atoms with Gasteiger partial charge in [-0.25, -0.2) is 8.42 Å². The Labute approximate surface area is 184 Å². The van der Waals surface area contributed by atoms with Gasteiger partial charge in [0.15, 0.2) is 0 Å². The second kappa shape index (κ2) is 8.56. The molecule has 1 heterocycles. The molecule has 4 rings (SSSR count). The molecule has 8 nitrogen and oxygen atoms in total. The Morgan fingerprint density at radius 1 is 0.812 bits per heavy atom. The molecule has 0 saturated heterocycles. The normalized spacial score (nSPS) is 11.2. The molecule has 162 valence electrons. The first-order chi connectivity index (χ1) is 15.4. The van der Waals surface area contributed by atoms with Crippen molar-refractivity contribution in [2.75, 3.05) is 17.1 Å². The number of hydrogen-bond acceptors (Lipinski definition) is 4. The van der Waals surface area contributed by atoms with E-state index in [-0.39, 0.29) is 16.4 Å². The number of fused-ring (bicyclic) bond motifs is 1. The molecular weight excluding hydrogens is 428 g/mol. The minimum absolute atomic E-state index is 0.0431. The van der Waals surface area contributed by atoms with Crippen LogP contribution >= 0.6 is 0 Å². The lowest BCUT2D eigenvalue weighted by Gasteiger charge is -2.11. The lowest BCUT2D eigenvalue weighted by Crippen LogP contribution is -2.18. The van der Waals surface area contributed by atoms with Crippen LogP contribution in [-0.2, 0) is 10.0 Å². The molecule has 2 amide bonds. The lowest BCUT2D eigenvalue weighted by atomic mass is 10.1. The number of benzene rings is 3. The van der Waals surface area contributed by atoms with E-state index in [0.29, 0.717) is 16.9 Å². The first kappa shape index (κ1) is 21.1. The van der Waals surface area contributed by atoms with E-state index in [4.69, 9.17) is 0 Å². The number of aromatic amines is 1. The number of anilines is 2. The maximum Gasteiger partial charge on any atom is 0.261 e. The molecule has 0 spiro atoms. The highest BCUT2D eigenvalue weighted by Gasteiger charge is 2.17. The van der Waals surface area contributed by atoms with Gasteiger partial charge in [-0.05, 0) is 60.7 Å². The van der Waals surface area contributed by atoms with Crippen LogP contribution in [-0.4, -0.2) is 32.3 Å². The Hall–Kier alpha value is -4.11. The summed E-state index contributed by atoms with van der Waals surface area (Å²) in [5.41, 5.74) is 2.29. The minimum atomic E-state index is -3.91. The first-order valence-electron chi connectivity index (χ1n) is 9.69. The van der Waals surface area contributed by atoms with Crippen LogP contribution in [0, 0.1) is 0 Å². The van der Waals surface area contributed by atoms with Crippen molar-refractivity contribution in [3.63, 3.8) is 0 Å². The van der Waals surface area contributed by atoms with Gasteiger partial charge in [-0.1, -0.05) is 12.1 Å². The maximum atomic E-state index is 12.9. The predicted octanol–water partition coefficient (Wildman–Crippen LogP) is 3.58. The van der Waals surface area contributed by atoms with E-state index < -0.39 is 15.9 Å².